The van der Waals surface area contributed by atoms with Crippen LogP contribution in [0, 0.1) is 0 Å². The highest BCUT2D eigenvalue weighted by molar-refractivity contribution is 5.88. The third kappa shape index (κ3) is 3.82. The molecule has 1 atom stereocenters. The molecule has 1 amide bonds. The number of nitrogens with one attached hydrogen (secondary N) is 1. The number of carbonyl (C=O) groups is 1. The number of benzene rings is 1. The van der Waals surface area contributed by atoms with E-state index < -0.39 is 0 Å². The van der Waals surface area contributed by atoms with Gasteiger partial charge in [0.05, 0.1) is 18.8 Å². The molecule has 0 saturated heterocycles. The summed E-state index contributed by atoms with van der Waals surface area (Å²) in [5, 5.41) is 7.66. The molecule has 1 N–H and O–H groups in total. The van der Waals surface area contributed by atoms with E-state index in [0.29, 0.717) is 0 Å². The molecule has 1 aliphatic rings. The highest BCUT2D eigenvalue weighted by Gasteiger charge is 2.25. The van der Waals surface area contributed by atoms with Crippen LogP contribution in [0.3, 0.4) is 0 Å². The van der Waals surface area contributed by atoms with Crippen LogP contribution in [0.15, 0.2) is 60.8 Å². The van der Waals surface area contributed by atoms with E-state index in [0.717, 1.165) is 31.4 Å². The lowest BCUT2D eigenvalue weighted by molar-refractivity contribution is -0.117. The van der Waals surface area contributed by atoms with Crippen LogP contribution >= 0.6 is 0 Å². The van der Waals surface area contributed by atoms with E-state index >= 15 is 0 Å². The maximum atomic E-state index is 12.0. The molecule has 2 aromatic rings. The largest absolute Gasteiger partial charge is 0.346 e. The molecule has 1 heterocycles. The first kappa shape index (κ1) is 16.2. The number of nitrogens with zero attached hydrogens (tertiary/aromatic N) is 2. The molecule has 24 heavy (non-hydrogen) atoms. The molecule has 0 radical (unpaired) electrons. The SMILES string of the molecule is C/C=C/C=C/C(=O)N[C@@H]1CCCc2c1cnn2Cc1ccccc1. The van der Waals surface area contributed by atoms with Gasteiger partial charge in [-0.15, -0.1) is 0 Å². The van der Waals surface area contributed by atoms with Crippen LogP contribution in [0.25, 0.3) is 0 Å². The van der Waals surface area contributed by atoms with Crippen LogP contribution in [-0.4, -0.2) is 15.7 Å². The molecule has 0 unspecified atom stereocenters. The summed E-state index contributed by atoms with van der Waals surface area (Å²) in [5.74, 6) is -0.0539. The monoisotopic (exact) mass is 321 g/mol. The molecule has 0 aliphatic heterocycles. The summed E-state index contributed by atoms with van der Waals surface area (Å²) in [4.78, 5) is 12.0. The fourth-order valence-corrected chi connectivity index (χ4v) is 3.14. The van der Waals surface area contributed by atoms with Gasteiger partial charge in [-0.05, 0) is 31.7 Å². The average molecular weight is 321 g/mol. The van der Waals surface area contributed by atoms with Gasteiger partial charge < -0.3 is 5.32 Å². The molecule has 1 aromatic carbocycles. The average Bonchev–Trinajstić information content (AvgIpc) is 3.00. The predicted molar refractivity (Wildman–Crippen MR) is 95.5 cm³/mol. The highest BCUT2D eigenvalue weighted by atomic mass is 16.1. The van der Waals surface area contributed by atoms with Gasteiger partial charge in [-0.25, -0.2) is 0 Å². The molecule has 4 heteroatoms. The summed E-state index contributed by atoms with van der Waals surface area (Å²) in [7, 11) is 0. The van der Waals surface area contributed by atoms with Gasteiger partial charge in [0, 0.05) is 17.3 Å². The van der Waals surface area contributed by atoms with Crippen molar-refractivity contribution in [2.75, 3.05) is 0 Å². The quantitative estimate of drug-likeness (QED) is 0.676. The zero-order valence-corrected chi connectivity index (χ0v) is 14.0. The van der Waals surface area contributed by atoms with Crippen molar-refractivity contribution in [2.24, 2.45) is 0 Å². The van der Waals surface area contributed by atoms with Crippen LogP contribution < -0.4 is 5.32 Å². The van der Waals surface area contributed by atoms with Crippen molar-refractivity contribution in [3.05, 3.63) is 77.7 Å². The van der Waals surface area contributed by atoms with Crippen LogP contribution in [-0.2, 0) is 17.8 Å². The Labute approximate surface area is 142 Å². The molecule has 4 nitrogen and oxygen atoms in total. The summed E-state index contributed by atoms with van der Waals surface area (Å²) in [5.41, 5.74) is 3.64. The van der Waals surface area contributed by atoms with E-state index in [-0.39, 0.29) is 11.9 Å². The molecule has 0 saturated carbocycles. The number of fused-ring (bicyclic) bond motifs is 1. The van der Waals surface area contributed by atoms with Crippen molar-refractivity contribution in [2.45, 2.75) is 38.8 Å². The van der Waals surface area contributed by atoms with Gasteiger partial charge in [0.2, 0.25) is 5.91 Å². The van der Waals surface area contributed by atoms with Crippen molar-refractivity contribution in [3.8, 4) is 0 Å². The van der Waals surface area contributed by atoms with Gasteiger partial charge in [-0.3, -0.25) is 9.48 Å². The first-order valence-electron chi connectivity index (χ1n) is 8.46. The second-order valence-electron chi connectivity index (χ2n) is 6.03. The molecular formula is C20H23N3O. The van der Waals surface area contributed by atoms with Crippen LogP contribution in [0.4, 0.5) is 0 Å². The van der Waals surface area contributed by atoms with Crippen molar-refractivity contribution in [3.63, 3.8) is 0 Å². The molecule has 1 aromatic heterocycles. The lowest BCUT2D eigenvalue weighted by Gasteiger charge is -2.23. The highest BCUT2D eigenvalue weighted by Crippen LogP contribution is 2.29. The molecule has 124 valence electrons. The number of aromatic nitrogens is 2. The maximum absolute atomic E-state index is 12.0. The smallest absolute Gasteiger partial charge is 0.244 e. The van der Waals surface area contributed by atoms with Gasteiger partial charge in [0.25, 0.3) is 0 Å². The topological polar surface area (TPSA) is 46.9 Å². The van der Waals surface area contributed by atoms with Crippen molar-refractivity contribution in [1.82, 2.24) is 15.1 Å². The van der Waals surface area contributed by atoms with Gasteiger partial charge in [0.15, 0.2) is 0 Å². The van der Waals surface area contributed by atoms with Crippen molar-refractivity contribution < 1.29 is 4.79 Å². The number of rotatable bonds is 5. The minimum atomic E-state index is -0.0539. The number of hydrogen-bond acceptors (Lipinski definition) is 2. The van der Waals surface area contributed by atoms with Crippen molar-refractivity contribution >= 4 is 5.91 Å². The van der Waals surface area contributed by atoms with Gasteiger partial charge in [-0.2, -0.15) is 5.10 Å². The summed E-state index contributed by atoms with van der Waals surface area (Å²) in [6, 6.07) is 10.4. The fourth-order valence-electron chi connectivity index (χ4n) is 3.14. The van der Waals surface area contributed by atoms with Gasteiger partial charge >= 0.3 is 0 Å². The maximum Gasteiger partial charge on any atom is 0.244 e. The first-order chi connectivity index (χ1) is 11.8. The van der Waals surface area contributed by atoms with Crippen LogP contribution in [0.5, 0.6) is 0 Å². The number of carbonyl (C=O) groups excluding carboxylic acids is 1. The minimum absolute atomic E-state index is 0.0539. The third-order valence-corrected chi connectivity index (χ3v) is 4.31. The van der Waals surface area contributed by atoms with E-state index in [1.165, 1.54) is 11.3 Å². The number of hydrogen-bond donors (Lipinski definition) is 1. The summed E-state index contributed by atoms with van der Waals surface area (Å²) in [6.07, 6.45) is 12.0. The Bertz CT molecular complexity index is 743. The third-order valence-electron chi connectivity index (χ3n) is 4.31. The van der Waals surface area contributed by atoms with E-state index in [4.69, 9.17) is 0 Å². The molecule has 1 aliphatic carbocycles. The molecule has 0 fully saturated rings. The number of allylic oxidation sites excluding steroid dienone is 3. The molecule has 0 bridgehead atoms. The lowest BCUT2D eigenvalue weighted by Crippen LogP contribution is -2.29. The van der Waals surface area contributed by atoms with E-state index in [1.54, 1.807) is 12.2 Å². The van der Waals surface area contributed by atoms with E-state index in [2.05, 4.69) is 27.2 Å². The summed E-state index contributed by atoms with van der Waals surface area (Å²) in [6.45, 7) is 2.70. The summed E-state index contributed by atoms with van der Waals surface area (Å²) >= 11 is 0. The Hall–Kier alpha value is -2.62. The number of amides is 1. The second kappa shape index (κ2) is 7.77. The molecular weight excluding hydrogens is 298 g/mol. The van der Waals surface area contributed by atoms with Gasteiger partial charge in [0.1, 0.15) is 0 Å². The minimum Gasteiger partial charge on any atom is -0.346 e. The van der Waals surface area contributed by atoms with Crippen LogP contribution in [0.1, 0.15) is 42.6 Å². The van der Waals surface area contributed by atoms with E-state index in [1.807, 2.05) is 43.5 Å². The Morgan fingerprint density at radius 3 is 2.96 bits per heavy atom. The summed E-state index contributed by atoms with van der Waals surface area (Å²) < 4.78 is 2.07. The lowest BCUT2D eigenvalue weighted by atomic mass is 9.93. The Kier molecular flexibility index (Phi) is 5.26. The Morgan fingerprint density at radius 1 is 1.33 bits per heavy atom. The second-order valence-corrected chi connectivity index (χ2v) is 6.03. The van der Waals surface area contributed by atoms with Crippen LogP contribution in [0.2, 0.25) is 0 Å². The zero-order valence-electron chi connectivity index (χ0n) is 14.0. The molecule has 3 rings (SSSR count). The Balaban J connectivity index is 1.73. The first-order valence-corrected chi connectivity index (χ1v) is 8.46. The molecule has 0 spiro atoms. The standard InChI is InChI=1S/C20H23N3O/c1-2-3-5-13-20(24)22-18-11-8-12-19-17(18)14-21-23(19)15-16-9-6-4-7-10-16/h2-7,9-10,13-14,18H,8,11-12,15H2,1H3,(H,22,24)/b3-2+,13-5+/t18-/m1/s1. The van der Waals surface area contributed by atoms with Gasteiger partial charge in [-0.1, -0.05) is 48.6 Å². The fraction of sp³-hybridized carbons (Fsp3) is 0.300. The zero-order chi connectivity index (χ0) is 16.8. The van der Waals surface area contributed by atoms with Crippen molar-refractivity contribution in [1.29, 1.82) is 0 Å². The normalized spacial score (nSPS) is 17.3. The Morgan fingerprint density at radius 2 is 2.17 bits per heavy atom. The predicted octanol–water partition coefficient (Wildman–Crippen LogP) is 3.56. The van der Waals surface area contributed by atoms with E-state index in [9.17, 15) is 4.79 Å².